The first kappa shape index (κ1) is 20.3. The molecular formula is C23H19ClN2O3S. The molecule has 1 aliphatic rings. The van der Waals surface area contributed by atoms with E-state index in [9.17, 15) is 9.59 Å². The summed E-state index contributed by atoms with van der Waals surface area (Å²) in [5, 5.41) is 0.565. The molecule has 7 heteroatoms. The highest BCUT2D eigenvalue weighted by Gasteiger charge is 2.30. The second-order valence-electron chi connectivity index (χ2n) is 6.93. The molecule has 5 nitrogen and oxygen atoms in total. The number of thiazole rings is 1. The number of fused-ring (bicyclic) bond motifs is 1. The number of carbonyl (C=O) groups excluding carboxylic acids is 1. The molecule has 0 fully saturated rings. The summed E-state index contributed by atoms with van der Waals surface area (Å²) >= 11 is 7.56. The van der Waals surface area contributed by atoms with Gasteiger partial charge in [-0.05, 0) is 49.2 Å². The van der Waals surface area contributed by atoms with Crippen molar-refractivity contribution in [2.24, 2.45) is 4.99 Å². The Morgan fingerprint density at radius 1 is 1.20 bits per heavy atom. The standard InChI is InChI=1S/C23H19ClN2O3S/c1-13-20(14(2)27)21(15-8-10-17(29-3)11-9-15)26-22(28)19(30-23(26)25-13)12-16-6-4-5-7-18(16)24/h4-12,21H,1-3H3/b19-12+/t21-/m0/s1. The van der Waals surface area contributed by atoms with Crippen molar-refractivity contribution in [3.63, 3.8) is 0 Å². The Labute approximate surface area is 182 Å². The van der Waals surface area contributed by atoms with E-state index in [1.54, 1.807) is 30.7 Å². The van der Waals surface area contributed by atoms with E-state index >= 15 is 0 Å². The first-order valence-electron chi connectivity index (χ1n) is 9.32. The average Bonchev–Trinajstić information content (AvgIpc) is 3.03. The lowest BCUT2D eigenvalue weighted by atomic mass is 9.93. The summed E-state index contributed by atoms with van der Waals surface area (Å²) in [4.78, 5) is 31.0. The van der Waals surface area contributed by atoms with Crippen LogP contribution in [0, 0.1) is 0 Å². The Hall–Kier alpha value is -2.96. The van der Waals surface area contributed by atoms with Crippen LogP contribution in [0.1, 0.15) is 31.0 Å². The van der Waals surface area contributed by atoms with Gasteiger partial charge in [0.05, 0.1) is 17.7 Å². The Morgan fingerprint density at radius 3 is 2.53 bits per heavy atom. The van der Waals surface area contributed by atoms with Crippen molar-refractivity contribution in [3.8, 4) is 5.75 Å². The molecule has 30 heavy (non-hydrogen) atoms. The molecule has 0 aliphatic carbocycles. The van der Waals surface area contributed by atoms with Gasteiger partial charge in [0.1, 0.15) is 5.75 Å². The zero-order chi connectivity index (χ0) is 21.4. The third kappa shape index (κ3) is 3.53. The molecule has 3 aromatic rings. The number of hydrogen-bond acceptors (Lipinski definition) is 5. The first-order chi connectivity index (χ1) is 14.4. The minimum Gasteiger partial charge on any atom is -0.497 e. The molecule has 0 amide bonds. The molecule has 2 aromatic carbocycles. The zero-order valence-corrected chi connectivity index (χ0v) is 18.3. The first-order valence-corrected chi connectivity index (χ1v) is 10.5. The van der Waals surface area contributed by atoms with Gasteiger partial charge in [-0.2, -0.15) is 0 Å². The van der Waals surface area contributed by atoms with Crippen LogP contribution in [-0.4, -0.2) is 17.5 Å². The summed E-state index contributed by atoms with van der Waals surface area (Å²) in [7, 11) is 1.60. The van der Waals surface area contributed by atoms with Crippen LogP contribution in [-0.2, 0) is 4.79 Å². The van der Waals surface area contributed by atoms with Gasteiger partial charge in [-0.25, -0.2) is 4.99 Å². The third-order valence-electron chi connectivity index (χ3n) is 5.02. The molecule has 0 bridgehead atoms. The summed E-state index contributed by atoms with van der Waals surface area (Å²) in [6.07, 6.45) is 1.77. The van der Waals surface area contributed by atoms with Gasteiger partial charge in [0, 0.05) is 16.3 Å². The van der Waals surface area contributed by atoms with Gasteiger partial charge in [0.25, 0.3) is 5.56 Å². The fourth-order valence-electron chi connectivity index (χ4n) is 3.61. The van der Waals surface area contributed by atoms with E-state index in [0.717, 1.165) is 11.1 Å². The quantitative estimate of drug-likeness (QED) is 0.626. The molecule has 0 radical (unpaired) electrons. The minimum atomic E-state index is -0.543. The van der Waals surface area contributed by atoms with Crippen LogP contribution in [0.25, 0.3) is 6.08 Å². The molecule has 1 aliphatic heterocycles. The predicted molar refractivity (Wildman–Crippen MR) is 119 cm³/mol. The molecule has 0 unspecified atom stereocenters. The normalized spacial score (nSPS) is 16.3. The maximum atomic E-state index is 13.4. The number of carbonyl (C=O) groups is 1. The fraction of sp³-hybridized carbons (Fsp3) is 0.174. The van der Waals surface area contributed by atoms with Crippen LogP contribution in [0.2, 0.25) is 5.02 Å². The van der Waals surface area contributed by atoms with Crippen LogP contribution >= 0.6 is 22.9 Å². The third-order valence-corrected chi connectivity index (χ3v) is 6.35. The van der Waals surface area contributed by atoms with Crippen molar-refractivity contribution in [2.45, 2.75) is 19.9 Å². The number of allylic oxidation sites excluding steroid dienone is 2. The molecule has 4 rings (SSSR count). The number of ketones is 1. The number of aromatic nitrogens is 1. The van der Waals surface area contributed by atoms with Crippen molar-refractivity contribution in [1.29, 1.82) is 0 Å². The fourth-order valence-corrected chi connectivity index (χ4v) is 4.83. The molecule has 0 saturated heterocycles. The van der Waals surface area contributed by atoms with E-state index in [1.165, 1.54) is 18.3 Å². The van der Waals surface area contributed by atoms with Crippen LogP contribution in [0.4, 0.5) is 0 Å². The number of Topliss-reactive ketones (excluding diaryl/α,β-unsaturated/α-hetero) is 1. The van der Waals surface area contributed by atoms with E-state index in [1.807, 2.05) is 42.5 Å². The summed E-state index contributed by atoms with van der Waals surface area (Å²) in [5.41, 5.74) is 2.50. The molecular weight excluding hydrogens is 420 g/mol. The Balaban J connectivity index is 1.97. The topological polar surface area (TPSA) is 60.7 Å². The second-order valence-corrected chi connectivity index (χ2v) is 8.35. The lowest BCUT2D eigenvalue weighted by Crippen LogP contribution is -2.39. The van der Waals surface area contributed by atoms with E-state index in [-0.39, 0.29) is 11.3 Å². The van der Waals surface area contributed by atoms with Crippen LogP contribution in [0.15, 0.2) is 69.6 Å². The summed E-state index contributed by atoms with van der Waals surface area (Å²) < 4.78 is 7.35. The lowest BCUT2D eigenvalue weighted by Gasteiger charge is -2.24. The number of hydrogen-bond donors (Lipinski definition) is 0. The molecule has 152 valence electrons. The van der Waals surface area contributed by atoms with Crippen molar-refractivity contribution in [2.75, 3.05) is 7.11 Å². The van der Waals surface area contributed by atoms with Gasteiger partial charge in [0.15, 0.2) is 10.6 Å². The van der Waals surface area contributed by atoms with E-state index in [2.05, 4.69) is 4.99 Å². The molecule has 1 atom stereocenters. The molecule has 2 heterocycles. The van der Waals surface area contributed by atoms with Crippen LogP contribution in [0.3, 0.4) is 0 Å². The Morgan fingerprint density at radius 2 is 1.90 bits per heavy atom. The highest BCUT2D eigenvalue weighted by Crippen LogP contribution is 2.31. The zero-order valence-electron chi connectivity index (χ0n) is 16.7. The minimum absolute atomic E-state index is 0.113. The van der Waals surface area contributed by atoms with Gasteiger partial charge in [-0.1, -0.05) is 53.3 Å². The maximum Gasteiger partial charge on any atom is 0.271 e. The molecule has 1 aromatic heterocycles. The van der Waals surface area contributed by atoms with Crippen molar-refractivity contribution in [1.82, 2.24) is 4.57 Å². The Kier molecular flexibility index (Phi) is 5.45. The number of nitrogens with zero attached hydrogens (tertiary/aromatic N) is 2. The van der Waals surface area contributed by atoms with E-state index < -0.39 is 6.04 Å². The van der Waals surface area contributed by atoms with Gasteiger partial charge in [-0.3, -0.25) is 14.2 Å². The maximum absolute atomic E-state index is 13.4. The van der Waals surface area contributed by atoms with Crippen molar-refractivity contribution >= 4 is 34.8 Å². The van der Waals surface area contributed by atoms with Crippen LogP contribution in [0.5, 0.6) is 5.75 Å². The van der Waals surface area contributed by atoms with E-state index in [4.69, 9.17) is 16.3 Å². The summed E-state index contributed by atoms with van der Waals surface area (Å²) in [6.45, 7) is 3.31. The average molecular weight is 439 g/mol. The Bertz CT molecular complexity index is 1350. The number of benzene rings is 2. The number of methoxy groups -OCH3 is 1. The van der Waals surface area contributed by atoms with Gasteiger partial charge >= 0.3 is 0 Å². The SMILES string of the molecule is COc1ccc([C@H]2C(C(C)=O)=C(C)N=c3s/c(=C/c4ccccc4Cl)c(=O)n32)cc1. The van der Waals surface area contributed by atoms with Gasteiger partial charge in [0.2, 0.25) is 0 Å². The summed E-state index contributed by atoms with van der Waals surface area (Å²) in [6, 6.07) is 14.2. The second kappa shape index (κ2) is 8.05. The summed E-state index contributed by atoms with van der Waals surface area (Å²) in [5.74, 6) is 0.590. The van der Waals surface area contributed by atoms with Crippen molar-refractivity contribution in [3.05, 3.63) is 95.6 Å². The monoisotopic (exact) mass is 438 g/mol. The van der Waals surface area contributed by atoms with Gasteiger partial charge < -0.3 is 4.74 Å². The van der Waals surface area contributed by atoms with Gasteiger partial charge in [-0.15, -0.1) is 0 Å². The van der Waals surface area contributed by atoms with E-state index in [0.29, 0.717) is 31.4 Å². The van der Waals surface area contributed by atoms with Crippen molar-refractivity contribution < 1.29 is 9.53 Å². The lowest BCUT2D eigenvalue weighted by molar-refractivity contribution is -0.114. The predicted octanol–water partition coefficient (Wildman–Crippen LogP) is 3.49. The highest BCUT2D eigenvalue weighted by molar-refractivity contribution is 7.07. The van der Waals surface area contributed by atoms with Crippen LogP contribution < -0.4 is 19.6 Å². The number of rotatable bonds is 4. The molecule has 0 saturated carbocycles. The molecule has 0 N–H and O–H groups in total. The largest absolute Gasteiger partial charge is 0.497 e. The number of ether oxygens (including phenoxy) is 1. The number of halogens is 1. The molecule has 0 spiro atoms. The highest BCUT2D eigenvalue weighted by atomic mass is 35.5. The smallest absolute Gasteiger partial charge is 0.271 e.